The zero-order valence-corrected chi connectivity index (χ0v) is 12.2. The lowest BCUT2D eigenvalue weighted by Gasteiger charge is -2.38. The van der Waals surface area contributed by atoms with E-state index >= 15 is 0 Å². The topological polar surface area (TPSA) is 46.9 Å². The third kappa shape index (κ3) is 3.15. The van der Waals surface area contributed by atoms with Crippen LogP contribution in [0.25, 0.3) is 0 Å². The summed E-state index contributed by atoms with van der Waals surface area (Å²) in [6.45, 7) is 0. The Morgan fingerprint density at radius 3 is 2.57 bits per heavy atom. The first-order valence-corrected chi connectivity index (χ1v) is 7.63. The van der Waals surface area contributed by atoms with Crippen molar-refractivity contribution < 1.29 is 4.79 Å². The molecule has 1 N–H and O–H groups in total. The second-order valence-electron chi connectivity index (χ2n) is 5.82. The average Bonchev–Trinajstić information content (AvgIpc) is 3.04. The van der Waals surface area contributed by atoms with Gasteiger partial charge in [-0.2, -0.15) is 0 Å². The highest BCUT2D eigenvalue weighted by Crippen LogP contribution is 2.38. The quantitative estimate of drug-likeness (QED) is 0.932. The summed E-state index contributed by atoms with van der Waals surface area (Å²) >= 11 is 0. The van der Waals surface area contributed by atoms with E-state index in [0.717, 1.165) is 12.8 Å². The molecule has 2 heterocycles. The smallest absolute Gasteiger partial charge is 0.227 e. The lowest BCUT2D eigenvalue weighted by atomic mass is 9.78. The summed E-state index contributed by atoms with van der Waals surface area (Å²) in [7, 11) is 0. The molecule has 110 valence electrons. The number of carbonyl (C=O) groups excluding carboxylic acids is 1. The van der Waals surface area contributed by atoms with Gasteiger partial charge in [-0.25, -0.2) is 4.98 Å². The van der Waals surface area contributed by atoms with Crippen LogP contribution in [-0.2, 0) is 10.3 Å². The van der Waals surface area contributed by atoms with E-state index in [2.05, 4.69) is 27.3 Å². The van der Waals surface area contributed by atoms with Gasteiger partial charge in [-0.05, 0) is 37.1 Å². The highest BCUT2D eigenvalue weighted by molar-refractivity contribution is 5.90. The van der Waals surface area contributed by atoms with Crippen molar-refractivity contribution in [3.05, 3.63) is 48.9 Å². The van der Waals surface area contributed by atoms with Crippen LogP contribution < -0.4 is 5.32 Å². The number of nitrogens with zero attached hydrogens (tertiary/aromatic N) is 2. The molecule has 0 saturated heterocycles. The minimum Gasteiger partial charge on any atom is -0.348 e. The van der Waals surface area contributed by atoms with Gasteiger partial charge in [0.05, 0.1) is 12.0 Å². The van der Waals surface area contributed by atoms with Crippen molar-refractivity contribution in [3.63, 3.8) is 0 Å². The molecule has 0 atom stereocenters. The summed E-state index contributed by atoms with van der Waals surface area (Å²) in [5.41, 5.74) is -0.0688. The molecule has 0 unspecified atom stereocenters. The summed E-state index contributed by atoms with van der Waals surface area (Å²) < 4.78 is 2.23. The van der Waals surface area contributed by atoms with E-state index in [1.54, 1.807) is 6.20 Å². The molecule has 0 radical (unpaired) electrons. The van der Waals surface area contributed by atoms with E-state index in [9.17, 15) is 4.79 Å². The van der Waals surface area contributed by atoms with Crippen LogP contribution in [0.5, 0.6) is 0 Å². The largest absolute Gasteiger partial charge is 0.348 e. The van der Waals surface area contributed by atoms with Crippen molar-refractivity contribution >= 4 is 11.7 Å². The predicted octanol–water partition coefficient (Wildman–Crippen LogP) is 3.57. The highest BCUT2D eigenvalue weighted by atomic mass is 16.1. The molecule has 1 aliphatic carbocycles. The Balaban J connectivity index is 1.74. The number of pyridine rings is 1. The van der Waals surface area contributed by atoms with E-state index in [1.165, 1.54) is 19.3 Å². The summed E-state index contributed by atoms with van der Waals surface area (Å²) in [5, 5.41) is 2.91. The van der Waals surface area contributed by atoms with Gasteiger partial charge in [-0.3, -0.25) is 4.79 Å². The van der Waals surface area contributed by atoms with E-state index in [1.807, 2.05) is 30.3 Å². The summed E-state index contributed by atoms with van der Waals surface area (Å²) in [4.78, 5) is 16.6. The van der Waals surface area contributed by atoms with E-state index in [4.69, 9.17) is 0 Å². The number of aromatic nitrogens is 2. The number of hydrogen-bond acceptors (Lipinski definition) is 2. The van der Waals surface area contributed by atoms with Gasteiger partial charge < -0.3 is 9.88 Å². The molecule has 0 aromatic carbocycles. The Morgan fingerprint density at radius 2 is 1.90 bits per heavy atom. The van der Waals surface area contributed by atoms with Crippen LogP contribution in [0.1, 0.15) is 38.5 Å². The number of hydrogen-bond donors (Lipinski definition) is 1. The third-order valence-corrected chi connectivity index (χ3v) is 4.36. The summed E-state index contributed by atoms with van der Waals surface area (Å²) in [6, 6.07) is 9.62. The Morgan fingerprint density at radius 1 is 1.14 bits per heavy atom. The van der Waals surface area contributed by atoms with Gasteiger partial charge in [0, 0.05) is 18.6 Å². The fourth-order valence-corrected chi connectivity index (χ4v) is 3.31. The number of carbonyl (C=O) groups is 1. The van der Waals surface area contributed by atoms with Crippen LogP contribution in [0.2, 0.25) is 0 Å². The maximum absolute atomic E-state index is 12.4. The molecule has 1 amide bonds. The van der Waals surface area contributed by atoms with Crippen molar-refractivity contribution in [2.24, 2.45) is 0 Å². The van der Waals surface area contributed by atoms with Gasteiger partial charge in [0.2, 0.25) is 5.91 Å². The lowest BCUT2D eigenvalue weighted by Crippen LogP contribution is -2.38. The van der Waals surface area contributed by atoms with Crippen LogP contribution in [0.3, 0.4) is 0 Å². The van der Waals surface area contributed by atoms with Gasteiger partial charge in [-0.1, -0.05) is 25.3 Å². The van der Waals surface area contributed by atoms with E-state index < -0.39 is 0 Å². The van der Waals surface area contributed by atoms with Gasteiger partial charge in [0.25, 0.3) is 0 Å². The molecule has 0 aliphatic heterocycles. The van der Waals surface area contributed by atoms with Crippen LogP contribution >= 0.6 is 0 Å². The van der Waals surface area contributed by atoms with Crippen LogP contribution in [-0.4, -0.2) is 15.5 Å². The predicted molar refractivity (Wildman–Crippen MR) is 83.0 cm³/mol. The number of nitrogens with one attached hydrogen (secondary N) is 1. The summed E-state index contributed by atoms with van der Waals surface area (Å²) in [6.07, 6.45) is 12.2. The third-order valence-electron chi connectivity index (χ3n) is 4.36. The summed E-state index contributed by atoms with van der Waals surface area (Å²) in [5.74, 6) is 0.672. The van der Waals surface area contributed by atoms with E-state index in [-0.39, 0.29) is 11.4 Å². The number of amides is 1. The van der Waals surface area contributed by atoms with Gasteiger partial charge in [0.1, 0.15) is 5.82 Å². The molecule has 2 aromatic heterocycles. The van der Waals surface area contributed by atoms with Gasteiger partial charge in [-0.15, -0.1) is 0 Å². The Bertz CT molecular complexity index is 571. The fraction of sp³-hybridized carbons (Fsp3) is 0.412. The molecule has 4 heteroatoms. The minimum atomic E-state index is -0.0688. The van der Waals surface area contributed by atoms with Crippen molar-refractivity contribution in [3.8, 4) is 0 Å². The maximum atomic E-state index is 12.4. The first-order chi connectivity index (χ1) is 10.3. The zero-order valence-electron chi connectivity index (χ0n) is 12.2. The van der Waals surface area contributed by atoms with Crippen LogP contribution in [0.4, 0.5) is 5.82 Å². The zero-order chi connectivity index (χ0) is 14.5. The first-order valence-electron chi connectivity index (χ1n) is 7.63. The number of anilines is 1. The van der Waals surface area contributed by atoms with E-state index in [0.29, 0.717) is 12.2 Å². The second kappa shape index (κ2) is 6.12. The standard InChI is InChI=1S/C17H21N3O/c21-16(19-15-8-2-5-11-18-15)14-17(9-3-1-4-10-17)20-12-6-7-13-20/h2,5-8,11-13H,1,3-4,9-10,14H2,(H,18,19,21). The Hall–Kier alpha value is -2.10. The molecule has 2 aromatic rings. The van der Waals surface area contributed by atoms with Gasteiger partial charge in [0.15, 0.2) is 0 Å². The Kier molecular flexibility index (Phi) is 4.04. The molecule has 0 bridgehead atoms. The molecule has 3 rings (SSSR count). The molecule has 0 spiro atoms. The van der Waals surface area contributed by atoms with Crippen molar-refractivity contribution in [2.45, 2.75) is 44.1 Å². The molecular formula is C17H21N3O. The second-order valence-corrected chi connectivity index (χ2v) is 5.82. The van der Waals surface area contributed by atoms with Crippen molar-refractivity contribution in [2.75, 3.05) is 5.32 Å². The maximum Gasteiger partial charge on any atom is 0.227 e. The molecule has 1 aliphatic rings. The SMILES string of the molecule is O=C(CC1(n2cccc2)CCCCC1)Nc1ccccn1. The molecule has 1 saturated carbocycles. The molecule has 1 fully saturated rings. The van der Waals surface area contributed by atoms with Crippen LogP contribution in [0.15, 0.2) is 48.9 Å². The molecule has 4 nitrogen and oxygen atoms in total. The Labute approximate surface area is 125 Å². The highest BCUT2D eigenvalue weighted by Gasteiger charge is 2.35. The molecular weight excluding hydrogens is 262 g/mol. The first kappa shape index (κ1) is 13.9. The van der Waals surface area contributed by atoms with Crippen LogP contribution in [0, 0.1) is 0 Å². The van der Waals surface area contributed by atoms with Crippen molar-refractivity contribution in [1.29, 1.82) is 0 Å². The average molecular weight is 283 g/mol. The normalized spacial score (nSPS) is 17.3. The lowest BCUT2D eigenvalue weighted by molar-refractivity contribution is -0.118. The van der Waals surface area contributed by atoms with Gasteiger partial charge >= 0.3 is 0 Å². The number of rotatable bonds is 4. The fourth-order valence-electron chi connectivity index (χ4n) is 3.31. The molecule has 21 heavy (non-hydrogen) atoms. The monoisotopic (exact) mass is 283 g/mol. The minimum absolute atomic E-state index is 0.0456. The van der Waals surface area contributed by atoms with Crippen molar-refractivity contribution in [1.82, 2.24) is 9.55 Å².